The van der Waals surface area contributed by atoms with Crippen LogP contribution in [0.25, 0.3) is 11.1 Å². The van der Waals surface area contributed by atoms with Crippen LogP contribution in [0, 0.1) is 0 Å². The second kappa shape index (κ2) is 4.85. The summed E-state index contributed by atoms with van der Waals surface area (Å²) in [7, 11) is 0. The van der Waals surface area contributed by atoms with Crippen LogP contribution >= 0.6 is 11.8 Å². The van der Waals surface area contributed by atoms with Gasteiger partial charge in [0.2, 0.25) is 0 Å². The maximum atomic E-state index is 10.2. The Balaban J connectivity index is 2.02. The summed E-state index contributed by atoms with van der Waals surface area (Å²) in [6.45, 7) is 0. The molecule has 2 aromatic rings. The summed E-state index contributed by atoms with van der Waals surface area (Å²) in [5, 5.41) is 8.94. The maximum absolute atomic E-state index is 10.2. The molecule has 82 valence electrons. The van der Waals surface area contributed by atoms with E-state index < -0.39 is 5.97 Å². The maximum Gasteiger partial charge on any atom is 0.328 e. The first-order valence-corrected chi connectivity index (χ1v) is 5.62. The highest BCUT2D eigenvalue weighted by Crippen LogP contribution is 2.22. The lowest BCUT2D eigenvalue weighted by molar-refractivity contribution is -0.131. The van der Waals surface area contributed by atoms with E-state index in [1.165, 1.54) is 11.8 Å². The predicted molar refractivity (Wildman–Crippen MR) is 61.5 cm³/mol. The lowest BCUT2D eigenvalue weighted by Crippen LogP contribution is -1.86. The zero-order chi connectivity index (χ0) is 11.4. The molecule has 2 rings (SSSR count). The average molecular weight is 235 g/mol. The number of oxazole rings is 1. The van der Waals surface area contributed by atoms with Gasteiger partial charge in [-0.05, 0) is 12.1 Å². The Morgan fingerprint density at radius 1 is 1.50 bits per heavy atom. The molecule has 0 radical (unpaired) electrons. The molecule has 1 N–H and O–H groups in total. The second-order valence-electron chi connectivity index (χ2n) is 3.00. The Bertz CT molecular complexity index is 500. The molecule has 1 aromatic carbocycles. The minimum atomic E-state index is -0.946. The fourth-order valence-electron chi connectivity index (χ4n) is 1.18. The van der Waals surface area contributed by atoms with Crippen LogP contribution in [0.5, 0.6) is 0 Å². The first kappa shape index (κ1) is 10.8. The Hall–Kier alpha value is -1.75. The molecule has 1 heterocycles. The van der Waals surface area contributed by atoms with Gasteiger partial charge >= 0.3 is 5.97 Å². The predicted octanol–water partition coefficient (Wildman–Crippen LogP) is 2.56. The van der Waals surface area contributed by atoms with E-state index in [-0.39, 0.29) is 0 Å². The van der Waals surface area contributed by atoms with Gasteiger partial charge in [-0.3, -0.25) is 0 Å². The number of aromatic nitrogens is 1. The topological polar surface area (TPSA) is 63.3 Å². The van der Waals surface area contributed by atoms with Gasteiger partial charge < -0.3 is 9.52 Å². The molecule has 0 spiro atoms. The minimum absolute atomic E-state index is 0.527. The Labute approximate surface area is 96.0 Å². The molecule has 16 heavy (non-hydrogen) atoms. The van der Waals surface area contributed by atoms with Gasteiger partial charge in [0.05, 0.1) is 0 Å². The second-order valence-corrected chi connectivity index (χ2v) is 3.97. The zero-order valence-corrected chi connectivity index (χ0v) is 9.11. The van der Waals surface area contributed by atoms with Crippen LogP contribution in [0.4, 0.5) is 0 Å². The highest BCUT2D eigenvalue weighted by atomic mass is 32.2. The number of benzene rings is 1. The third kappa shape index (κ3) is 2.64. The number of hydrogen-bond acceptors (Lipinski definition) is 4. The number of para-hydroxylation sites is 2. The van der Waals surface area contributed by atoms with Crippen molar-refractivity contribution in [3.05, 3.63) is 36.4 Å². The van der Waals surface area contributed by atoms with E-state index in [1.54, 1.807) is 6.08 Å². The highest BCUT2D eigenvalue weighted by Gasteiger charge is 2.03. The Kier molecular flexibility index (Phi) is 3.26. The average Bonchev–Trinajstić information content (AvgIpc) is 2.66. The number of rotatable bonds is 4. The van der Waals surface area contributed by atoms with Crippen molar-refractivity contribution in [1.82, 2.24) is 4.98 Å². The van der Waals surface area contributed by atoms with Crippen LogP contribution in [0.15, 0.2) is 46.1 Å². The van der Waals surface area contributed by atoms with Gasteiger partial charge in [0.15, 0.2) is 5.58 Å². The summed E-state index contributed by atoms with van der Waals surface area (Å²) in [6.07, 6.45) is 2.66. The van der Waals surface area contributed by atoms with Crippen LogP contribution < -0.4 is 0 Å². The summed E-state index contributed by atoms with van der Waals surface area (Å²) >= 11 is 1.36. The van der Waals surface area contributed by atoms with Crippen molar-refractivity contribution in [2.24, 2.45) is 0 Å². The molecule has 0 aliphatic carbocycles. The lowest BCUT2D eigenvalue weighted by Gasteiger charge is -1.87. The number of carboxylic acid groups (broad SMARTS) is 1. The summed E-state index contributed by atoms with van der Waals surface area (Å²) in [5.41, 5.74) is 1.56. The summed E-state index contributed by atoms with van der Waals surface area (Å²) in [4.78, 5) is 14.5. The van der Waals surface area contributed by atoms with Crippen molar-refractivity contribution < 1.29 is 14.3 Å². The first-order valence-electron chi connectivity index (χ1n) is 4.63. The van der Waals surface area contributed by atoms with Crippen LogP contribution in [-0.4, -0.2) is 21.8 Å². The molecule has 5 heteroatoms. The van der Waals surface area contributed by atoms with Gasteiger partial charge in [-0.1, -0.05) is 30.0 Å². The van der Waals surface area contributed by atoms with Crippen molar-refractivity contribution >= 4 is 28.8 Å². The normalized spacial score (nSPS) is 11.2. The van der Waals surface area contributed by atoms with Crippen molar-refractivity contribution in [3.8, 4) is 0 Å². The van der Waals surface area contributed by atoms with E-state index in [9.17, 15) is 4.79 Å². The number of thioether (sulfide) groups is 1. The molecule has 1 aromatic heterocycles. The van der Waals surface area contributed by atoms with Gasteiger partial charge in [-0.2, -0.15) is 0 Å². The molecule has 0 atom stereocenters. The fraction of sp³-hybridized carbons (Fsp3) is 0.0909. The van der Waals surface area contributed by atoms with E-state index in [2.05, 4.69) is 4.98 Å². The van der Waals surface area contributed by atoms with Crippen molar-refractivity contribution in [3.63, 3.8) is 0 Å². The summed E-state index contributed by atoms with van der Waals surface area (Å²) < 4.78 is 5.45. The van der Waals surface area contributed by atoms with Crippen molar-refractivity contribution in [1.29, 1.82) is 0 Å². The monoisotopic (exact) mass is 235 g/mol. The smallest absolute Gasteiger partial charge is 0.328 e. The number of aliphatic carboxylic acids is 1. The van der Waals surface area contributed by atoms with Gasteiger partial charge in [0, 0.05) is 11.8 Å². The van der Waals surface area contributed by atoms with Gasteiger partial charge in [-0.15, -0.1) is 0 Å². The van der Waals surface area contributed by atoms with E-state index in [1.807, 2.05) is 24.3 Å². The van der Waals surface area contributed by atoms with E-state index in [4.69, 9.17) is 9.52 Å². The first-order chi connectivity index (χ1) is 7.75. The highest BCUT2D eigenvalue weighted by molar-refractivity contribution is 7.99. The number of carboxylic acids is 1. The standard InChI is InChI=1S/C11H9NO3S/c13-10(14)6-3-7-16-11-12-8-4-1-2-5-9(8)15-11/h1-6H,7H2,(H,13,14). The number of carbonyl (C=O) groups is 1. The minimum Gasteiger partial charge on any atom is -0.478 e. The van der Waals surface area contributed by atoms with Crippen LogP contribution in [0.1, 0.15) is 0 Å². The quantitative estimate of drug-likeness (QED) is 0.651. The number of nitrogens with zero attached hydrogens (tertiary/aromatic N) is 1. The number of hydrogen-bond donors (Lipinski definition) is 1. The molecule has 0 aliphatic rings. The van der Waals surface area contributed by atoms with E-state index >= 15 is 0 Å². The fourth-order valence-corrected chi connectivity index (χ4v) is 1.83. The molecule has 0 fully saturated rings. The Morgan fingerprint density at radius 2 is 2.31 bits per heavy atom. The van der Waals surface area contributed by atoms with Gasteiger partial charge in [0.1, 0.15) is 5.52 Å². The summed E-state index contributed by atoms with van der Waals surface area (Å²) in [6, 6.07) is 7.49. The molecule has 0 saturated heterocycles. The number of fused-ring (bicyclic) bond motifs is 1. The van der Waals surface area contributed by atoms with Gasteiger partial charge in [-0.25, -0.2) is 9.78 Å². The molecule has 0 unspecified atom stereocenters. The van der Waals surface area contributed by atoms with Crippen LogP contribution in [-0.2, 0) is 4.79 Å². The van der Waals surface area contributed by atoms with E-state index in [0.717, 1.165) is 17.2 Å². The van der Waals surface area contributed by atoms with Crippen molar-refractivity contribution in [2.45, 2.75) is 5.22 Å². The molecule has 0 aliphatic heterocycles. The molecular weight excluding hydrogens is 226 g/mol. The van der Waals surface area contributed by atoms with E-state index in [0.29, 0.717) is 11.0 Å². The third-order valence-corrected chi connectivity index (χ3v) is 2.62. The third-order valence-electron chi connectivity index (χ3n) is 1.84. The zero-order valence-electron chi connectivity index (χ0n) is 8.29. The largest absolute Gasteiger partial charge is 0.478 e. The molecule has 0 saturated carbocycles. The summed E-state index contributed by atoms with van der Waals surface area (Å²) in [5.74, 6) is -0.419. The lowest BCUT2D eigenvalue weighted by atomic mass is 10.3. The van der Waals surface area contributed by atoms with Crippen LogP contribution in [0.2, 0.25) is 0 Å². The SMILES string of the molecule is O=C(O)C=CCSc1nc2ccccc2o1. The molecular formula is C11H9NO3S. The molecule has 4 nitrogen and oxygen atoms in total. The molecule has 0 bridgehead atoms. The van der Waals surface area contributed by atoms with Crippen LogP contribution in [0.3, 0.4) is 0 Å². The molecule has 0 amide bonds. The van der Waals surface area contributed by atoms with Gasteiger partial charge in [0.25, 0.3) is 5.22 Å². The Morgan fingerprint density at radius 3 is 3.06 bits per heavy atom. The van der Waals surface area contributed by atoms with Crippen molar-refractivity contribution in [2.75, 3.05) is 5.75 Å².